The van der Waals surface area contributed by atoms with Crippen molar-refractivity contribution in [1.82, 2.24) is 9.97 Å². The molecular weight excluding hydrogens is 274 g/mol. The van der Waals surface area contributed by atoms with Gasteiger partial charge in [0.15, 0.2) is 6.33 Å². The van der Waals surface area contributed by atoms with Gasteiger partial charge in [-0.15, -0.1) is 0 Å². The highest BCUT2D eigenvalue weighted by Gasteiger charge is 2.18. The number of aromatic nitrogens is 2. The summed E-state index contributed by atoms with van der Waals surface area (Å²) < 4.78 is 25.0. The molecule has 0 saturated heterocycles. The molecule has 3 aromatic rings. The maximum absolute atomic E-state index is 12.5. The maximum atomic E-state index is 12.5. The summed E-state index contributed by atoms with van der Waals surface area (Å²) in [5, 5.41) is 0. The third kappa shape index (κ3) is 2.09. The highest BCUT2D eigenvalue weighted by atomic mass is 32.2. The topological polar surface area (TPSA) is 88.8 Å². The summed E-state index contributed by atoms with van der Waals surface area (Å²) in [6.45, 7) is 0.384. The van der Waals surface area contributed by atoms with E-state index in [2.05, 4.69) is 16.3 Å². The molecule has 6 heteroatoms. The summed E-state index contributed by atoms with van der Waals surface area (Å²) in [6.07, 6.45) is 2.59. The van der Waals surface area contributed by atoms with E-state index in [4.69, 9.17) is 5.73 Å². The second-order valence-electron chi connectivity index (χ2n) is 4.38. The van der Waals surface area contributed by atoms with Crippen molar-refractivity contribution in [2.75, 3.05) is 0 Å². The van der Waals surface area contributed by atoms with Gasteiger partial charge in [-0.25, -0.2) is 13.4 Å². The van der Waals surface area contributed by atoms with Gasteiger partial charge in [-0.2, -0.15) is 0 Å². The Hall–Kier alpha value is -2.18. The van der Waals surface area contributed by atoms with Crippen LogP contribution in [0, 0.1) is 6.33 Å². The fourth-order valence-corrected chi connectivity index (χ4v) is 3.25. The maximum Gasteiger partial charge on any atom is 0.206 e. The molecule has 101 valence electrons. The minimum absolute atomic E-state index is 0.214. The SMILES string of the molecule is NCc1ccc(S(=O)(=O)c2ccc3[nH][c]nc3c2)cc1. The number of aromatic amines is 1. The number of H-pyrrole nitrogens is 1. The standard InChI is InChI=1S/C14H12N3O2S/c15-8-10-1-3-11(4-2-10)20(18,19)12-5-6-13-14(7-12)17-9-16-13/h1-7H,8,15H2,(H,16,17). The highest BCUT2D eigenvalue weighted by Crippen LogP contribution is 2.23. The normalized spacial score (nSPS) is 11.8. The number of hydrogen-bond acceptors (Lipinski definition) is 4. The van der Waals surface area contributed by atoms with Crippen LogP contribution in [0.3, 0.4) is 0 Å². The zero-order chi connectivity index (χ0) is 14.2. The smallest absolute Gasteiger partial charge is 0.206 e. The summed E-state index contributed by atoms with van der Waals surface area (Å²) in [4.78, 5) is 7.22. The van der Waals surface area contributed by atoms with Crippen LogP contribution in [-0.4, -0.2) is 18.4 Å². The van der Waals surface area contributed by atoms with Crippen LogP contribution in [0.4, 0.5) is 0 Å². The molecule has 0 amide bonds. The first kappa shape index (κ1) is 12.8. The monoisotopic (exact) mass is 286 g/mol. The molecule has 2 aromatic carbocycles. The van der Waals surface area contributed by atoms with Gasteiger partial charge in [0.25, 0.3) is 0 Å². The van der Waals surface area contributed by atoms with E-state index < -0.39 is 9.84 Å². The molecule has 0 aliphatic heterocycles. The third-order valence-corrected chi connectivity index (χ3v) is 4.88. The first-order valence-corrected chi connectivity index (χ1v) is 7.49. The Morgan fingerprint density at radius 2 is 1.80 bits per heavy atom. The van der Waals surface area contributed by atoms with Gasteiger partial charge in [0, 0.05) is 6.54 Å². The lowest BCUT2D eigenvalue weighted by Gasteiger charge is -2.05. The largest absolute Gasteiger partial charge is 0.335 e. The first-order chi connectivity index (χ1) is 9.61. The number of imidazole rings is 1. The quantitative estimate of drug-likeness (QED) is 0.766. The van der Waals surface area contributed by atoms with Crippen LogP contribution in [0.25, 0.3) is 11.0 Å². The van der Waals surface area contributed by atoms with Crippen LogP contribution in [0.2, 0.25) is 0 Å². The predicted molar refractivity (Wildman–Crippen MR) is 74.7 cm³/mol. The van der Waals surface area contributed by atoms with E-state index in [1.54, 1.807) is 36.4 Å². The molecule has 1 heterocycles. The van der Waals surface area contributed by atoms with Gasteiger partial charge >= 0.3 is 0 Å². The fraction of sp³-hybridized carbons (Fsp3) is 0.0714. The van der Waals surface area contributed by atoms with Gasteiger partial charge in [-0.05, 0) is 35.9 Å². The fourth-order valence-electron chi connectivity index (χ4n) is 1.97. The van der Waals surface area contributed by atoms with Crippen LogP contribution in [0.15, 0.2) is 52.3 Å². The predicted octanol–water partition coefficient (Wildman–Crippen LogP) is 1.65. The molecule has 0 bridgehead atoms. The van der Waals surface area contributed by atoms with Crippen LogP contribution >= 0.6 is 0 Å². The number of nitrogens with two attached hydrogens (primary N) is 1. The molecule has 0 unspecified atom stereocenters. The Kier molecular flexibility index (Phi) is 3.04. The average Bonchev–Trinajstić information content (AvgIpc) is 2.94. The van der Waals surface area contributed by atoms with Crippen LogP contribution in [0.5, 0.6) is 0 Å². The van der Waals surface area contributed by atoms with Gasteiger partial charge in [0.1, 0.15) is 0 Å². The van der Waals surface area contributed by atoms with Crippen molar-refractivity contribution in [3.05, 3.63) is 54.4 Å². The van der Waals surface area contributed by atoms with E-state index in [1.807, 2.05) is 0 Å². The molecule has 0 spiro atoms. The molecular formula is C14H12N3O2S. The number of hydrogen-bond donors (Lipinski definition) is 2. The molecule has 3 N–H and O–H groups in total. The van der Waals surface area contributed by atoms with Crippen molar-refractivity contribution in [3.8, 4) is 0 Å². The Balaban J connectivity index is 2.09. The number of nitrogens with one attached hydrogen (secondary N) is 1. The lowest BCUT2D eigenvalue weighted by Crippen LogP contribution is -2.03. The zero-order valence-corrected chi connectivity index (χ0v) is 11.3. The van der Waals surface area contributed by atoms with E-state index in [-0.39, 0.29) is 9.79 Å². The number of rotatable bonds is 3. The first-order valence-electron chi connectivity index (χ1n) is 6.01. The van der Waals surface area contributed by atoms with Gasteiger partial charge < -0.3 is 10.7 Å². The Morgan fingerprint density at radius 3 is 2.50 bits per heavy atom. The molecule has 0 saturated carbocycles. The van der Waals surface area contributed by atoms with E-state index in [9.17, 15) is 8.42 Å². The van der Waals surface area contributed by atoms with E-state index in [0.717, 1.165) is 11.1 Å². The molecule has 3 rings (SSSR count). The second kappa shape index (κ2) is 4.73. The molecule has 0 fully saturated rings. The molecule has 1 radical (unpaired) electrons. The van der Waals surface area contributed by atoms with Crippen molar-refractivity contribution in [2.24, 2.45) is 5.73 Å². The second-order valence-corrected chi connectivity index (χ2v) is 6.33. The summed E-state index contributed by atoms with van der Waals surface area (Å²) in [7, 11) is -3.54. The number of fused-ring (bicyclic) bond motifs is 1. The van der Waals surface area contributed by atoms with E-state index in [1.165, 1.54) is 6.07 Å². The minimum atomic E-state index is -3.54. The molecule has 0 aliphatic rings. The van der Waals surface area contributed by atoms with Crippen LogP contribution in [-0.2, 0) is 16.4 Å². The van der Waals surface area contributed by atoms with Gasteiger partial charge in [-0.3, -0.25) is 0 Å². The van der Waals surface area contributed by atoms with Gasteiger partial charge in [0.2, 0.25) is 9.84 Å². The van der Waals surface area contributed by atoms with Crippen molar-refractivity contribution in [3.63, 3.8) is 0 Å². The Morgan fingerprint density at radius 1 is 1.10 bits per heavy atom. The highest BCUT2D eigenvalue weighted by molar-refractivity contribution is 7.91. The molecule has 0 aliphatic carbocycles. The lowest BCUT2D eigenvalue weighted by atomic mass is 10.2. The molecule has 5 nitrogen and oxygen atoms in total. The Labute approximate surface area is 116 Å². The summed E-state index contributed by atoms with van der Waals surface area (Å²) in [6, 6.07) is 11.3. The van der Waals surface area contributed by atoms with Gasteiger partial charge in [-0.1, -0.05) is 12.1 Å². The summed E-state index contributed by atoms with van der Waals surface area (Å²) >= 11 is 0. The van der Waals surface area contributed by atoms with Crippen molar-refractivity contribution < 1.29 is 8.42 Å². The zero-order valence-electron chi connectivity index (χ0n) is 10.5. The summed E-state index contributed by atoms with van der Waals surface area (Å²) in [5.41, 5.74) is 7.72. The number of nitrogens with zero attached hydrogens (tertiary/aromatic N) is 1. The molecule has 1 aromatic heterocycles. The molecule has 20 heavy (non-hydrogen) atoms. The number of sulfone groups is 1. The van der Waals surface area contributed by atoms with Crippen molar-refractivity contribution in [1.29, 1.82) is 0 Å². The molecule has 0 atom stereocenters. The van der Waals surface area contributed by atoms with Crippen LogP contribution < -0.4 is 5.73 Å². The minimum Gasteiger partial charge on any atom is -0.335 e. The summed E-state index contributed by atoms with van der Waals surface area (Å²) in [5.74, 6) is 0. The van der Waals surface area contributed by atoms with Crippen molar-refractivity contribution >= 4 is 20.9 Å². The van der Waals surface area contributed by atoms with Crippen LogP contribution in [0.1, 0.15) is 5.56 Å². The van der Waals surface area contributed by atoms with E-state index >= 15 is 0 Å². The van der Waals surface area contributed by atoms with E-state index in [0.29, 0.717) is 12.1 Å². The Bertz CT molecular complexity index is 852. The average molecular weight is 286 g/mol. The number of benzene rings is 2. The third-order valence-electron chi connectivity index (χ3n) is 3.12. The van der Waals surface area contributed by atoms with Gasteiger partial charge in [0.05, 0.1) is 20.8 Å². The lowest BCUT2D eigenvalue weighted by molar-refractivity contribution is 0.596. The van der Waals surface area contributed by atoms with Crippen molar-refractivity contribution in [2.45, 2.75) is 16.3 Å².